The molecule has 6 heteroatoms. The van der Waals surface area contributed by atoms with E-state index in [1.54, 1.807) is 12.1 Å². The SMILES string of the molecule is CC(C)Oc1cc(NCC2(CCO)CC2)ccc1[N+](=O)[O-]. The molecule has 0 radical (unpaired) electrons. The van der Waals surface area contributed by atoms with E-state index in [1.807, 2.05) is 13.8 Å². The zero-order chi connectivity index (χ0) is 15.5. The second-order valence-corrected chi connectivity index (χ2v) is 5.93. The Hall–Kier alpha value is -1.82. The molecule has 6 nitrogen and oxygen atoms in total. The number of nitrogens with one attached hydrogen (secondary N) is 1. The van der Waals surface area contributed by atoms with Crippen molar-refractivity contribution in [2.24, 2.45) is 5.41 Å². The third kappa shape index (κ3) is 4.07. The van der Waals surface area contributed by atoms with Crippen LogP contribution in [0.1, 0.15) is 33.1 Å². The maximum Gasteiger partial charge on any atom is 0.311 e. The fourth-order valence-corrected chi connectivity index (χ4v) is 2.34. The molecular formula is C15H22N2O4. The van der Waals surface area contributed by atoms with Crippen LogP contribution in [0.5, 0.6) is 5.75 Å². The predicted molar refractivity (Wildman–Crippen MR) is 80.7 cm³/mol. The number of aliphatic hydroxyl groups is 1. The van der Waals surface area contributed by atoms with E-state index in [1.165, 1.54) is 6.07 Å². The van der Waals surface area contributed by atoms with Crippen molar-refractivity contribution in [3.8, 4) is 5.75 Å². The summed E-state index contributed by atoms with van der Waals surface area (Å²) < 4.78 is 5.52. The Balaban J connectivity index is 2.08. The molecule has 0 saturated heterocycles. The van der Waals surface area contributed by atoms with Crippen LogP contribution < -0.4 is 10.1 Å². The number of hydrogen-bond donors (Lipinski definition) is 2. The van der Waals surface area contributed by atoms with Gasteiger partial charge in [-0.15, -0.1) is 0 Å². The van der Waals surface area contributed by atoms with Gasteiger partial charge in [-0.05, 0) is 44.6 Å². The highest BCUT2D eigenvalue weighted by atomic mass is 16.6. The van der Waals surface area contributed by atoms with Crippen molar-refractivity contribution in [3.05, 3.63) is 28.3 Å². The van der Waals surface area contributed by atoms with Crippen molar-refractivity contribution in [1.82, 2.24) is 0 Å². The molecule has 0 bridgehead atoms. The Bertz CT molecular complexity index is 512. The van der Waals surface area contributed by atoms with Crippen molar-refractivity contribution in [1.29, 1.82) is 0 Å². The minimum atomic E-state index is -0.435. The summed E-state index contributed by atoms with van der Waals surface area (Å²) in [7, 11) is 0. The second-order valence-electron chi connectivity index (χ2n) is 5.93. The van der Waals surface area contributed by atoms with E-state index in [-0.39, 0.29) is 29.6 Å². The zero-order valence-corrected chi connectivity index (χ0v) is 12.5. The van der Waals surface area contributed by atoms with E-state index in [4.69, 9.17) is 9.84 Å². The van der Waals surface area contributed by atoms with Gasteiger partial charge < -0.3 is 15.2 Å². The van der Waals surface area contributed by atoms with Crippen molar-refractivity contribution < 1.29 is 14.8 Å². The highest BCUT2D eigenvalue weighted by Crippen LogP contribution is 2.48. The molecule has 0 heterocycles. The maximum atomic E-state index is 11.0. The molecule has 1 fully saturated rings. The van der Waals surface area contributed by atoms with E-state index in [2.05, 4.69) is 5.32 Å². The molecule has 2 N–H and O–H groups in total. The monoisotopic (exact) mass is 294 g/mol. The van der Waals surface area contributed by atoms with Gasteiger partial charge in [0.2, 0.25) is 0 Å². The number of anilines is 1. The predicted octanol–water partition coefficient (Wildman–Crippen LogP) is 2.96. The van der Waals surface area contributed by atoms with Crippen LogP contribution >= 0.6 is 0 Å². The Kier molecular flexibility index (Phi) is 4.67. The van der Waals surface area contributed by atoms with Crippen LogP contribution in [-0.4, -0.2) is 29.3 Å². The minimum Gasteiger partial charge on any atom is -0.484 e. The van der Waals surface area contributed by atoms with Crippen LogP contribution in [-0.2, 0) is 0 Å². The molecule has 21 heavy (non-hydrogen) atoms. The van der Waals surface area contributed by atoms with Gasteiger partial charge in [0, 0.05) is 31.0 Å². The summed E-state index contributed by atoms with van der Waals surface area (Å²) in [5.74, 6) is 0.284. The average molecular weight is 294 g/mol. The summed E-state index contributed by atoms with van der Waals surface area (Å²) in [4.78, 5) is 10.6. The quantitative estimate of drug-likeness (QED) is 0.569. The lowest BCUT2D eigenvalue weighted by atomic mass is 10.0. The molecule has 0 amide bonds. The highest BCUT2D eigenvalue weighted by molar-refractivity contribution is 5.58. The van der Waals surface area contributed by atoms with Crippen LogP contribution in [0.4, 0.5) is 11.4 Å². The highest BCUT2D eigenvalue weighted by Gasteiger charge is 2.41. The molecule has 0 aliphatic heterocycles. The van der Waals surface area contributed by atoms with Gasteiger partial charge in [-0.1, -0.05) is 0 Å². The van der Waals surface area contributed by atoms with Gasteiger partial charge in [-0.2, -0.15) is 0 Å². The van der Waals surface area contributed by atoms with Gasteiger partial charge in [-0.25, -0.2) is 0 Å². The van der Waals surface area contributed by atoms with Gasteiger partial charge in [0.15, 0.2) is 5.75 Å². The first-order valence-electron chi connectivity index (χ1n) is 7.26. The van der Waals surface area contributed by atoms with Crippen molar-refractivity contribution in [2.75, 3.05) is 18.5 Å². The van der Waals surface area contributed by atoms with Crippen LogP contribution in [0, 0.1) is 15.5 Å². The summed E-state index contributed by atoms with van der Waals surface area (Å²) in [5, 5.41) is 23.4. The van der Waals surface area contributed by atoms with Gasteiger partial charge in [0.1, 0.15) is 0 Å². The smallest absolute Gasteiger partial charge is 0.311 e. The molecule has 1 aliphatic carbocycles. The number of nitro benzene ring substituents is 1. The molecule has 1 saturated carbocycles. The largest absolute Gasteiger partial charge is 0.484 e. The first-order chi connectivity index (χ1) is 9.96. The van der Waals surface area contributed by atoms with Crippen LogP contribution in [0.25, 0.3) is 0 Å². The van der Waals surface area contributed by atoms with Gasteiger partial charge in [0.05, 0.1) is 11.0 Å². The minimum absolute atomic E-state index is 0.0225. The van der Waals surface area contributed by atoms with E-state index < -0.39 is 4.92 Å². The zero-order valence-electron chi connectivity index (χ0n) is 12.5. The fraction of sp³-hybridized carbons (Fsp3) is 0.600. The summed E-state index contributed by atoms with van der Waals surface area (Å²) >= 11 is 0. The van der Waals surface area contributed by atoms with Gasteiger partial charge in [0.25, 0.3) is 0 Å². The molecule has 1 aromatic carbocycles. The number of nitro groups is 1. The normalized spacial score (nSPS) is 15.8. The number of ether oxygens (including phenoxy) is 1. The Labute approximate surface area is 124 Å². The maximum absolute atomic E-state index is 11.0. The molecule has 0 unspecified atom stereocenters. The molecule has 1 aromatic rings. The van der Waals surface area contributed by atoms with E-state index in [0.717, 1.165) is 31.5 Å². The first-order valence-corrected chi connectivity index (χ1v) is 7.26. The Morgan fingerprint density at radius 1 is 1.48 bits per heavy atom. The number of nitrogens with zero attached hydrogens (tertiary/aromatic N) is 1. The number of rotatable bonds is 8. The first kappa shape index (κ1) is 15.6. The lowest BCUT2D eigenvalue weighted by Crippen LogP contribution is -2.17. The second kappa shape index (κ2) is 6.30. The molecule has 0 atom stereocenters. The summed E-state index contributed by atoms with van der Waals surface area (Å²) in [6.07, 6.45) is 2.90. The van der Waals surface area contributed by atoms with E-state index >= 15 is 0 Å². The van der Waals surface area contributed by atoms with Crippen molar-refractivity contribution in [2.45, 2.75) is 39.2 Å². The standard InChI is InChI=1S/C15H22N2O4/c1-11(2)21-14-9-12(3-4-13(14)17(19)20)16-10-15(5-6-15)7-8-18/h3-4,9,11,16,18H,5-8,10H2,1-2H3. The summed E-state index contributed by atoms with van der Waals surface area (Å²) in [6.45, 7) is 4.64. The lowest BCUT2D eigenvalue weighted by Gasteiger charge is -2.17. The topological polar surface area (TPSA) is 84.6 Å². The molecule has 0 aromatic heterocycles. The van der Waals surface area contributed by atoms with Gasteiger partial charge >= 0.3 is 5.69 Å². The van der Waals surface area contributed by atoms with Gasteiger partial charge in [-0.3, -0.25) is 10.1 Å². The molecule has 1 aliphatic rings. The van der Waals surface area contributed by atoms with Crippen LogP contribution in [0.3, 0.4) is 0 Å². The number of hydrogen-bond acceptors (Lipinski definition) is 5. The molecule has 2 rings (SSSR count). The number of aliphatic hydroxyl groups excluding tert-OH is 1. The number of benzene rings is 1. The third-order valence-electron chi connectivity index (χ3n) is 3.79. The summed E-state index contributed by atoms with van der Waals surface area (Å²) in [6, 6.07) is 4.83. The van der Waals surface area contributed by atoms with Crippen molar-refractivity contribution >= 4 is 11.4 Å². The average Bonchev–Trinajstić information content (AvgIpc) is 3.16. The lowest BCUT2D eigenvalue weighted by molar-refractivity contribution is -0.386. The Morgan fingerprint density at radius 3 is 2.71 bits per heavy atom. The summed E-state index contributed by atoms with van der Waals surface area (Å²) in [5.41, 5.74) is 0.974. The van der Waals surface area contributed by atoms with Crippen molar-refractivity contribution in [3.63, 3.8) is 0 Å². The molecule has 116 valence electrons. The molecular weight excluding hydrogens is 272 g/mol. The van der Waals surface area contributed by atoms with Crippen LogP contribution in [0.2, 0.25) is 0 Å². The fourth-order valence-electron chi connectivity index (χ4n) is 2.34. The third-order valence-corrected chi connectivity index (χ3v) is 3.79. The molecule has 0 spiro atoms. The van der Waals surface area contributed by atoms with E-state index in [0.29, 0.717) is 0 Å². The van der Waals surface area contributed by atoms with Crippen LogP contribution in [0.15, 0.2) is 18.2 Å². The Morgan fingerprint density at radius 2 is 2.19 bits per heavy atom. The van der Waals surface area contributed by atoms with E-state index in [9.17, 15) is 10.1 Å².